The van der Waals surface area contributed by atoms with E-state index in [1.807, 2.05) is 36.4 Å². The molecule has 2 aromatic rings. The van der Waals surface area contributed by atoms with Crippen molar-refractivity contribution in [2.24, 2.45) is 0 Å². The molecule has 0 aliphatic rings. The van der Waals surface area contributed by atoms with E-state index in [1.165, 1.54) is 11.1 Å². The smallest absolute Gasteiger partial charge is 0.107 e. The quantitative estimate of drug-likeness (QED) is 0.570. The van der Waals surface area contributed by atoms with Crippen molar-refractivity contribution in [3.63, 3.8) is 0 Å². The number of hydrogen-bond acceptors (Lipinski definition) is 1. The normalized spacial score (nSPS) is 10.2. The molecule has 0 aliphatic carbocycles. The van der Waals surface area contributed by atoms with Crippen molar-refractivity contribution in [2.75, 3.05) is 13.2 Å². The van der Waals surface area contributed by atoms with Crippen LogP contribution in [0.25, 0.3) is 0 Å². The minimum Gasteiger partial charge on any atom is -0.368 e. The van der Waals surface area contributed by atoms with Crippen LogP contribution in [0, 0.1) is 12.3 Å². The Morgan fingerprint density at radius 2 is 1.39 bits per heavy atom. The zero-order valence-corrected chi connectivity index (χ0v) is 10.3. The Morgan fingerprint density at radius 1 is 0.889 bits per heavy atom. The van der Waals surface area contributed by atoms with Gasteiger partial charge in [-0.25, -0.2) is 0 Å². The molecule has 0 radical (unpaired) electrons. The van der Waals surface area contributed by atoms with Crippen molar-refractivity contribution in [2.45, 2.75) is 5.92 Å². The monoisotopic (exact) mass is 236 g/mol. The maximum absolute atomic E-state index is 5.52. The van der Waals surface area contributed by atoms with E-state index in [2.05, 4.69) is 30.2 Å². The molecule has 90 valence electrons. The minimum absolute atomic E-state index is 0.237. The fraction of sp³-hybridized carbons (Fsp3) is 0.176. The summed E-state index contributed by atoms with van der Waals surface area (Å²) < 4.78 is 5.52. The van der Waals surface area contributed by atoms with Crippen molar-refractivity contribution in [1.29, 1.82) is 0 Å². The summed E-state index contributed by atoms with van der Waals surface area (Å²) in [5.41, 5.74) is 2.50. The van der Waals surface area contributed by atoms with E-state index in [4.69, 9.17) is 11.2 Å². The second-order valence-electron chi connectivity index (χ2n) is 4.09. The van der Waals surface area contributed by atoms with Crippen LogP contribution in [-0.4, -0.2) is 13.2 Å². The molecular formula is C17H16O. The molecule has 0 atom stereocenters. The molecule has 1 nitrogen and oxygen atoms in total. The van der Waals surface area contributed by atoms with Crippen molar-refractivity contribution in [3.8, 4) is 12.3 Å². The van der Waals surface area contributed by atoms with Crippen LogP contribution >= 0.6 is 0 Å². The molecule has 0 saturated heterocycles. The maximum atomic E-state index is 5.52. The molecule has 1 heteroatoms. The third-order valence-electron chi connectivity index (χ3n) is 2.87. The van der Waals surface area contributed by atoms with Crippen molar-refractivity contribution in [3.05, 3.63) is 71.8 Å². The molecule has 0 unspecified atom stereocenters. The molecular weight excluding hydrogens is 220 g/mol. The fourth-order valence-electron chi connectivity index (χ4n) is 1.99. The van der Waals surface area contributed by atoms with E-state index in [0.717, 1.165) is 0 Å². The number of terminal acetylenes is 1. The summed E-state index contributed by atoms with van der Waals surface area (Å²) in [7, 11) is 0. The summed E-state index contributed by atoms with van der Waals surface area (Å²) in [6.07, 6.45) is 5.22. The summed E-state index contributed by atoms with van der Waals surface area (Å²) in [5.74, 6) is 2.74. The third kappa shape index (κ3) is 3.23. The highest BCUT2D eigenvalue weighted by Crippen LogP contribution is 2.24. The van der Waals surface area contributed by atoms with Gasteiger partial charge in [0.05, 0.1) is 6.61 Å². The second kappa shape index (κ2) is 6.64. The number of benzene rings is 2. The molecule has 0 fully saturated rings. The molecule has 0 saturated carbocycles. The van der Waals surface area contributed by atoms with Crippen molar-refractivity contribution in [1.82, 2.24) is 0 Å². The summed E-state index contributed by atoms with van der Waals surface area (Å²) in [6.45, 7) is 0.967. The number of rotatable bonds is 5. The van der Waals surface area contributed by atoms with Gasteiger partial charge in [0, 0.05) is 5.92 Å². The molecule has 2 aromatic carbocycles. The minimum atomic E-state index is 0.237. The largest absolute Gasteiger partial charge is 0.368 e. The highest BCUT2D eigenvalue weighted by atomic mass is 16.5. The molecule has 18 heavy (non-hydrogen) atoms. The second-order valence-corrected chi connectivity index (χ2v) is 4.09. The first kappa shape index (κ1) is 12.4. The van der Waals surface area contributed by atoms with Gasteiger partial charge in [-0.1, -0.05) is 66.6 Å². The lowest BCUT2D eigenvalue weighted by Crippen LogP contribution is -2.09. The molecule has 0 aromatic heterocycles. The van der Waals surface area contributed by atoms with Gasteiger partial charge in [-0.3, -0.25) is 0 Å². The predicted octanol–water partition coefficient (Wildman–Crippen LogP) is 3.47. The maximum Gasteiger partial charge on any atom is 0.107 e. The van der Waals surface area contributed by atoms with Gasteiger partial charge in [0.1, 0.15) is 6.61 Å². The van der Waals surface area contributed by atoms with E-state index in [1.54, 1.807) is 0 Å². The Morgan fingerprint density at radius 3 is 1.83 bits per heavy atom. The molecule has 0 N–H and O–H groups in total. The number of hydrogen-bond donors (Lipinski definition) is 0. The van der Waals surface area contributed by atoms with Gasteiger partial charge >= 0.3 is 0 Å². The first-order valence-corrected chi connectivity index (χ1v) is 6.03. The molecule has 0 aliphatic heterocycles. The lowest BCUT2D eigenvalue weighted by atomic mass is 9.92. The van der Waals surface area contributed by atoms with E-state index >= 15 is 0 Å². The van der Waals surface area contributed by atoms with Crippen LogP contribution in [0.2, 0.25) is 0 Å². The first-order chi connectivity index (χ1) is 8.92. The van der Waals surface area contributed by atoms with E-state index in [-0.39, 0.29) is 5.92 Å². The highest BCUT2D eigenvalue weighted by Gasteiger charge is 2.13. The Bertz CT molecular complexity index is 457. The van der Waals surface area contributed by atoms with E-state index < -0.39 is 0 Å². The standard InChI is InChI=1S/C17H16O/c1-2-13-18-14-17(15-9-5-3-6-10-15)16-11-7-4-8-12-16/h1,3-12,17H,13-14H2. The van der Waals surface area contributed by atoms with Gasteiger partial charge in [0.15, 0.2) is 0 Å². The van der Waals surface area contributed by atoms with Crippen LogP contribution in [0.4, 0.5) is 0 Å². The van der Waals surface area contributed by atoms with Crippen LogP contribution in [-0.2, 0) is 4.74 Å². The average molecular weight is 236 g/mol. The van der Waals surface area contributed by atoms with Crippen molar-refractivity contribution >= 4 is 0 Å². The van der Waals surface area contributed by atoms with E-state index in [0.29, 0.717) is 13.2 Å². The summed E-state index contributed by atoms with van der Waals surface area (Å²) in [5, 5.41) is 0. The summed E-state index contributed by atoms with van der Waals surface area (Å²) in [6, 6.07) is 20.7. The van der Waals surface area contributed by atoms with Crippen molar-refractivity contribution < 1.29 is 4.74 Å². The summed E-state index contributed by atoms with van der Waals surface area (Å²) >= 11 is 0. The van der Waals surface area contributed by atoms with Crippen LogP contribution < -0.4 is 0 Å². The molecule has 0 bridgehead atoms. The average Bonchev–Trinajstić information content (AvgIpc) is 2.46. The predicted molar refractivity (Wildman–Crippen MR) is 74.4 cm³/mol. The Kier molecular flexibility index (Phi) is 4.58. The molecule has 2 rings (SSSR count). The van der Waals surface area contributed by atoms with Gasteiger partial charge < -0.3 is 4.74 Å². The van der Waals surface area contributed by atoms with Crippen LogP contribution in [0.15, 0.2) is 60.7 Å². The van der Waals surface area contributed by atoms with Gasteiger partial charge in [0.25, 0.3) is 0 Å². The zero-order chi connectivity index (χ0) is 12.6. The van der Waals surface area contributed by atoms with Gasteiger partial charge in [-0.15, -0.1) is 6.42 Å². The zero-order valence-electron chi connectivity index (χ0n) is 10.3. The lowest BCUT2D eigenvalue weighted by Gasteiger charge is -2.17. The Labute approximate surface area is 108 Å². The van der Waals surface area contributed by atoms with E-state index in [9.17, 15) is 0 Å². The van der Waals surface area contributed by atoms with Gasteiger partial charge in [-0.05, 0) is 11.1 Å². The fourth-order valence-corrected chi connectivity index (χ4v) is 1.99. The summed E-state index contributed by atoms with van der Waals surface area (Å²) in [4.78, 5) is 0. The number of ether oxygens (including phenoxy) is 1. The lowest BCUT2D eigenvalue weighted by molar-refractivity contribution is 0.159. The topological polar surface area (TPSA) is 9.23 Å². The highest BCUT2D eigenvalue weighted by molar-refractivity contribution is 5.32. The molecule has 0 spiro atoms. The first-order valence-electron chi connectivity index (χ1n) is 6.03. The van der Waals surface area contributed by atoms with Crippen LogP contribution in [0.1, 0.15) is 17.0 Å². The van der Waals surface area contributed by atoms with Crippen LogP contribution in [0.5, 0.6) is 0 Å². The molecule has 0 amide bonds. The van der Waals surface area contributed by atoms with Crippen LogP contribution in [0.3, 0.4) is 0 Å². The van der Waals surface area contributed by atoms with Gasteiger partial charge in [0.2, 0.25) is 0 Å². The molecule has 0 heterocycles. The van der Waals surface area contributed by atoms with Gasteiger partial charge in [-0.2, -0.15) is 0 Å². The third-order valence-corrected chi connectivity index (χ3v) is 2.87. The Balaban J connectivity index is 2.21. The SMILES string of the molecule is C#CCOCC(c1ccccc1)c1ccccc1. The Hall–Kier alpha value is -2.04.